The fourth-order valence-electron chi connectivity index (χ4n) is 2.72. The molecule has 0 saturated heterocycles. The van der Waals surface area contributed by atoms with Crippen LogP contribution in [0.2, 0.25) is 0 Å². The van der Waals surface area contributed by atoms with Crippen molar-refractivity contribution in [2.75, 3.05) is 13.2 Å². The first-order valence-electron chi connectivity index (χ1n) is 10.00. The van der Waals surface area contributed by atoms with E-state index in [1.807, 2.05) is 44.2 Å². The molecular formula is C22H28N2O6S. The van der Waals surface area contributed by atoms with E-state index in [1.165, 1.54) is 19.1 Å². The van der Waals surface area contributed by atoms with Gasteiger partial charge in [-0.05, 0) is 50.6 Å². The van der Waals surface area contributed by atoms with Crippen LogP contribution in [0.3, 0.4) is 0 Å². The lowest BCUT2D eigenvalue weighted by Crippen LogP contribution is -2.37. The smallest absolute Gasteiger partial charge is 0.307 e. The minimum Gasteiger partial charge on any atom is -0.494 e. The van der Waals surface area contributed by atoms with Gasteiger partial charge in [-0.1, -0.05) is 30.3 Å². The molecule has 2 aromatic carbocycles. The number of benzene rings is 2. The SMILES string of the molecule is CCOc1ccc(S(=O)(=O)NCCC(=O)OC(C)C(=O)NC(C)c2ccccc2)cc1. The summed E-state index contributed by atoms with van der Waals surface area (Å²) in [6.07, 6.45) is -1.20. The summed E-state index contributed by atoms with van der Waals surface area (Å²) in [7, 11) is -3.77. The van der Waals surface area contributed by atoms with Gasteiger partial charge in [-0.25, -0.2) is 13.1 Å². The van der Waals surface area contributed by atoms with Crippen LogP contribution >= 0.6 is 0 Å². The fraction of sp³-hybridized carbons (Fsp3) is 0.364. The summed E-state index contributed by atoms with van der Waals surface area (Å²) >= 11 is 0. The van der Waals surface area contributed by atoms with Crippen molar-refractivity contribution >= 4 is 21.9 Å². The Kier molecular flexibility index (Phi) is 9.02. The topological polar surface area (TPSA) is 111 Å². The number of rotatable bonds is 11. The number of esters is 1. The third-order valence-corrected chi connectivity index (χ3v) is 5.88. The summed E-state index contributed by atoms with van der Waals surface area (Å²) in [5, 5.41) is 2.78. The Labute approximate surface area is 183 Å². The van der Waals surface area contributed by atoms with E-state index in [9.17, 15) is 18.0 Å². The lowest BCUT2D eigenvalue weighted by molar-refractivity contribution is -0.154. The van der Waals surface area contributed by atoms with Crippen molar-refractivity contribution in [1.82, 2.24) is 10.0 Å². The minimum absolute atomic E-state index is 0.0620. The molecule has 0 fully saturated rings. The highest BCUT2D eigenvalue weighted by molar-refractivity contribution is 7.89. The third kappa shape index (κ3) is 7.69. The summed E-state index contributed by atoms with van der Waals surface area (Å²) < 4.78 is 37.3. The molecular weight excluding hydrogens is 420 g/mol. The second kappa shape index (κ2) is 11.5. The van der Waals surface area contributed by atoms with Gasteiger partial charge in [0.1, 0.15) is 5.75 Å². The van der Waals surface area contributed by atoms with E-state index in [0.29, 0.717) is 12.4 Å². The van der Waals surface area contributed by atoms with Gasteiger partial charge in [0.05, 0.1) is 24.0 Å². The van der Waals surface area contributed by atoms with Crippen LogP contribution in [0.5, 0.6) is 5.75 Å². The first kappa shape index (κ1) is 24.4. The normalized spacial score (nSPS) is 13.1. The molecule has 2 atom stereocenters. The summed E-state index contributed by atoms with van der Waals surface area (Å²) in [4.78, 5) is 24.3. The Balaban J connectivity index is 1.78. The number of nitrogens with one attached hydrogen (secondary N) is 2. The lowest BCUT2D eigenvalue weighted by atomic mass is 10.1. The van der Waals surface area contributed by atoms with E-state index in [0.717, 1.165) is 5.56 Å². The number of amides is 1. The van der Waals surface area contributed by atoms with E-state index in [-0.39, 0.29) is 23.9 Å². The fourth-order valence-corrected chi connectivity index (χ4v) is 3.75. The highest BCUT2D eigenvalue weighted by atomic mass is 32.2. The van der Waals surface area contributed by atoms with E-state index in [4.69, 9.17) is 9.47 Å². The van der Waals surface area contributed by atoms with E-state index in [2.05, 4.69) is 10.0 Å². The zero-order chi connectivity index (χ0) is 22.9. The van der Waals surface area contributed by atoms with Crippen LogP contribution in [0, 0.1) is 0 Å². The quantitative estimate of drug-likeness (QED) is 0.511. The molecule has 2 aromatic rings. The molecule has 2 unspecified atom stereocenters. The molecule has 0 saturated carbocycles. The molecule has 0 radical (unpaired) electrons. The van der Waals surface area contributed by atoms with Crippen LogP contribution in [-0.2, 0) is 24.3 Å². The molecule has 0 spiro atoms. The highest BCUT2D eigenvalue weighted by Gasteiger charge is 2.21. The van der Waals surface area contributed by atoms with Crippen molar-refractivity contribution in [1.29, 1.82) is 0 Å². The minimum atomic E-state index is -3.77. The molecule has 0 aliphatic heterocycles. The molecule has 0 aliphatic rings. The first-order chi connectivity index (χ1) is 14.7. The second-order valence-electron chi connectivity index (χ2n) is 6.83. The van der Waals surface area contributed by atoms with Gasteiger partial charge in [0.15, 0.2) is 6.10 Å². The maximum atomic E-state index is 12.3. The Morgan fingerprint density at radius 1 is 1.00 bits per heavy atom. The van der Waals surface area contributed by atoms with Crippen LogP contribution in [-0.4, -0.2) is 39.5 Å². The average Bonchev–Trinajstić information content (AvgIpc) is 2.74. The molecule has 0 bridgehead atoms. The van der Waals surface area contributed by atoms with Crippen molar-refractivity contribution < 1.29 is 27.5 Å². The Morgan fingerprint density at radius 2 is 1.65 bits per heavy atom. The number of sulfonamides is 1. The molecule has 0 aromatic heterocycles. The van der Waals surface area contributed by atoms with Crippen molar-refractivity contribution in [3.05, 3.63) is 60.2 Å². The van der Waals surface area contributed by atoms with Gasteiger partial charge >= 0.3 is 5.97 Å². The van der Waals surface area contributed by atoms with Gasteiger partial charge < -0.3 is 14.8 Å². The number of ether oxygens (including phenoxy) is 2. The van der Waals surface area contributed by atoms with Crippen LogP contribution in [0.4, 0.5) is 0 Å². The maximum absolute atomic E-state index is 12.3. The summed E-state index contributed by atoms with van der Waals surface area (Å²) in [5.74, 6) is -0.539. The van der Waals surface area contributed by atoms with E-state index < -0.39 is 28.0 Å². The molecule has 9 heteroatoms. The zero-order valence-corrected chi connectivity index (χ0v) is 18.6. The lowest BCUT2D eigenvalue weighted by Gasteiger charge is -2.18. The Bertz CT molecular complexity index is 961. The van der Waals surface area contributed by atoms with Gasteiger partial charge in [-0.3, -0.25) is 9.59 Å². The van der Waals surface area contributed by atoms with Crippen molar-refractivity contribution in [2.24, 2.45) is 0 Å². The van der Waals surface area contributed by atoms with Crippen LogP contribution in [0.25, 0.3) is 0 Å². The van der Waals surface area contributed by atoms with Crippen LogP contribution in [0.15, 0.2) is 59.5 Å². The Morgan fingerprint density at radius 3 is 2.26 bits per heavy atom. The predicted molar refractivity (Wildman–Crippen MR) is 116 cm³/mol. The monoisotopic (exact) mass is 448 g/mol. The summed E-state index contributed by atoms with van der Waals surface area (Å²) in [5.41, 5.74) is 0.929. The molecule has 168 valence electrons. The van der Waals surface area contributed by atoms with E-state index in [1.54, 1.807) is 12.1 Å². The number of hydrogen-bond donors (Lipinski definition) is 2. The molecule has 2 rings (SSSR count). The average molecular weight is 449 g/mol. The zero-order valence-electron chi connectivity index (χ0n) is 17.8. The van der Waals surface area contributed by atoms with Gasteiger partial charge in [0, 0.05) is 6.54 Å². The maximum Gasteiger partial charge on any atom is 0.307 e. The number of hydrogen-bond acceptors (Lipinski definition) is 6. The largest absolute Gasteiger partial charge is 0.494 e. The molecule has 0 heterocycles. The summed E-state index contributed by atoms with van der Waals surface area (Å²) in [6, 6.07) is 15.1. The summed E-state index contributed by atoms with van der Waals surface area (Å²) in [6.45, 7) is 5.46. The predicted octanol–water partition coefficient (Wildman–Crippen LogP) is 2.56. The molecule has 1 amide bonds. The van der Waals surface area contributed by atoms with Gasteiger partial charge in [-0.2, -0.15) is 0 Å². The van der Waals surface area contributed by atoms with Gasteiger partial charge in [0.25, 0.3) is 5.91 Å². The van der Waals surface area contributed by atoms with Crippen molar-refractivity contribution in [3.63, 3.8) is 0 Å². The van der Waals surface area contributed by atoms with Gasteiger partial charge in [-0.15, -0.1) is 0 Å². The molecule has 8 nitrogen and oxygen atoms in total. The number of carbonyl (C=O) groups is 2. The molecule has 2 N–H and O–H groups in total. The van der Waals surface area contributed by atoms with E-state index >= 15 is 0 Å². The van der Waals surface area contributed by atoms with Crippen molar-refractivity contribution in [2.45, 2.75) is 44.2 Å². The molecule has 0 aliphatic carbocycles. The highest BCUT2D eigenvalue weighted by Crippen LogP contribution is 2.16. The third-order valence-electron chi connectivity index (χ3n) is 4.40. The number of carbonyl (C=O) groups excluding carboxylic acids is 2. The second-order valence-corrected chi connectivity index (χ2v) is 8.59. The van der Waals surface area contributed by atoms with Crippen LogP contribution in [0.1, 0.15) is 38.8 Å². The first-order valence-corrected chi connectivity index (χ1v) is 11.5. The standard InChI is InChI=1S/C22H28N2O6S/c1-4-29-19-10-12-20(13-11-19)31(27,28)23-15-14-21(25)30-17(3)22(26)24-16(2)18-8-6-5-7-9-18/h5-13,16-17,23H,4,14-15H2,1-3H3,(H,24,26). The molecule has 31 heavy (non-hydrogen) atoms. The van der Waals surface area contributed by atoms with Crippen molar-refractivity contribution in [3.8, 4) is 5.75 Å². The van der Waals surface area contributed by atoms with Gasteiger partial charge in [0.2, 0.25) is 10.0 Å². The van der Waals surface area contributed by atoms with Crippen LogP contribution < -0.4 is 14.8 Å². The Hall–Kier alpha value is -2.91.